The minimum absolute atomic E-state index is 0.125. The van der Waals surface area contributed by atoms with Gasteiger partial charge in [-0.2, -0.15) is 0 Å². The van der Waals surface area contributed by atoms with Crippen LogP contribution < -0.4 is 4.74 Å². The van der Waals surface area contributed by atoms with E-state index in [0.29, 0.717) is 11.3 Å². The molecule has 92 valence electrons. The summed E-state index contributed by atoms with van der Waals surface area (Å²) in [5.74, 6) is 0.154. The number of halogens is 1. The molecule has 0 unspecified atom stereocenters. The largest absolute Gasteiger partial charge is 0.450 e. The maximum atomic E-state index is 13.1. The highest BCUT2D eigenvalue weighted by atomic mass is 19.1. The summed E-state index contributed by atoms with van der Waals surface area (Å²) in [5.41, 5.74) is 0.297. The van der Waals surface area contributed by atoms with Crippen LogP contribution in [0.5, 0.6) is 11.5 Å². The van der Waals surface area contributed by atoms with Crippen LogP contribution in [0.25, 0.3) is 0 Å². The highest BCUT2D eigenvalue weighted by Gasteiger charge is 2.14. The molecule has 0 amide bonds. The van der Waals surface area contributed by atoms with Crippen molar-refractivity contribution in [1.29, 1.82) is 0 Å². The fraction of sp³-hybridized carbons (Fsp3) is 0.0769. The molecule has 5 heteroatoms. The van der Waals surface area contributed by atoms with Crippen molar-refractivity contribution in [3.05, 3.63) is 64.0 Å². The zero-order valence-electron chi connectivity index (χ0n) is 9.59. The quantitative estimate of drug-likeness (QED) is 0.611. The topological polar surface area (TPSA) is 52.4 Å². The van der Waals surface area contributed by atoms with Crippen LogP contribution >= 0.6 is 0 Å². The van der Waals surface area contributed by atoms with Gasteiger partial charge in [0.05, 0.1) is 4.92 Å². The molecule has 2 rings (SSSR count). The summed E-state index contributed by atoms with van der Waals surface area (Å²) in [6.45, 7) is 1.60. The molecule has 0 heterocycles. The maximum absolute atomic E-state index is 13.1. The Balaban J connectivity index is 2.34. The van der Waals surface area contributed by atoms with E-state index < -0.39 is 4.92 Å². The Labute approximate surface area is 103 Å². The summed E-state index contributed by atoms with van der Waals surface area (Å²) in [6, 6.07) is 10.2. The van der Waals surface area contributed by atoms with Crippen LogP contribution in [0.15, 0.2) is 42.5 Å². The second-order valence-electron chi connectivity index (χ2n) is 3.74. The maximum Gasteiger partial charge on any atom is 0.311 e. The van der Waals surface area contributed by atoms with Crippen molar-refractivity contribution in [2.45, 2.75) is 6.92 Å². The third-order valence-electron chi connectivity index (χ3n) is 2.42. The third-order valence-corrected chi connectivity index (χ3v) is 2.42. The predicted octanol–water partition coefficient (Wildman–Crippen LogP) is 3.83. The van der Waals surface area contributed by atoms with Gasteiger partial charge in [-0.1, -0.05) is 12.1 Å². The van der Waals surface area contributed by atoms with Crippen LogP contribution in [-0.4, -0.2) is 4.92 Å². The number of nitro groups is 1. The minimum atomic E-state index is -0.522. The monoisotopic (exact) mass is 247 g/mol. The molecule has 0 bridgehead atoms. The Hall–Kier alpha value is -2.43. The standard InChI is InChI=1S/C13H10FNO3/c1-9-8-10(6-7-11(9)14)18-13-5-3-2-4-12(13)15(16)17/h2-8H,1H3. The van der Waals surface area contributed by atoms with Gasteiger partial charge in [0, 0.05) is 6.07 Å². The highest BCUT2D eigenvalue weighted by Crippen LogP contribution is 2.31. The molecule has 0 atom stereocenters. The van der Waals surface area contributed by atoms with Crippen molar-refractivity contribution in [2.75, 3.05) is 0 Å². The highest BCUT2D eigenvalue weighted by molar-refractivity contribution is 5.48. The van der Waals surface area contributed by atoms with Crippen LogP contribution in [0.3, 0.4) is 0 Å². The summed E-state index contributed by atoms with van der Waals surface area (Å²) in [5, 5.41) is 10.8. The Morgan fingerprint density at radius 2 is 1.94 bits per heavy atom. The van der Waals surface area contributed by atoms with Gasteiger partial charge in [0.15, 0.2) is 0 Å². The van der Waals surface area contributed by atoms with Gasteiger partial charge in [-0.25, -0.2) is 4.39 Å². The summed E-state index contributed by atoms with van der Waals surface area (Å²) in [4.78, 5) is 10.3. The molecule has 0 fully saturated rings. The molecule has 2 aromatic carbocycles. The summed E-state index contributed by atoms with van der Waals surface area (Å²) >= 11 is 0. The van der Waals surface area contributed by atoms with Crippen molar-refractivity contribution in [1.82, 2.24) is 0 Å². The predicted molar refractivity (Wildman–Crippen MR) is 64.3 cm³/mol. The molecular weight excluding hydrogens is 237 g/mol. The van der Waals surface area contributed by atoms with E-state index in [1.54, 1.807) is 19.1 Å². The normalized spacial score (nSPS) is 10.1. The van der Waals surface area contributed by atoms with Gasteiger partial charge in [-0.15, -0.1) is 0 Å². The second kappa shape index (κ2) is 4.83. The van der Waals surface area contributed by atoms with Crippen LogP contribution in [-0.2, 0) is 0 Å². The van der Waals surface area contributed by atoms with Crippen LogP contribution in [0.4, 0.5) is 10.1 Å². The smallest absolute Gasteiger partial charge is 0.311 e. The lowest BCUT2D eigenvalue weighted by atomic mass is 10.2. The number of rotatable bonds is 3. The average molecular weight is 247 g/mol. The molecule has 18 heavy (non-hydrogen) atoms. The Bertz CT molecular complexity index is 599. The molecule has 0 aliphatic rings. The Morgan fingerprint density at radius 1 is 1.22 bits per heavy atom. The first-order valence-corrected chi connectivity index (χ1v) is 5.25. The first kappa shape index (κ1) is 12.0. The molecule has 2 aromatic rings. The van der Waals surface area contributed by atoms with Crippen LogP contribution in [0.2, 0.25) is 0 Å². The van der Waals surface area contributed by atoms with E-state index >= 15 is 0 Å². The lowest BCUT2D eigenvalue weighted by Crippen LogP contribution is -1.93. The number of hydrogen-bond donors (Lipinski definition) is 0. The molecule has 0 aromatic heterocycles. The van der Waals surface area contributed by atoms with Crippen molar-refractivity contribution in [2.24, 2.45) is 0 Å². The first-order chi connectivity index (χ1) is 8.58. The van der Waals surface area contributed by atoms with Crippen molar-refractivity contribution >= 4 is 5.69 Å². The van der Waals surface area contributed by atoms with E-state index in [0.717, 1.165) is 0 Å². The Morgan fingerprint density at radius 3 is 2.61 bits per heavy atom. The van der Waals surface area contributed by atoms with Gasteiger partial charge in [0.25, 0.3) is 0 Å². The number of hydrogen-bond acceptors (Lipinski definition) is 3. The first-order valence-electron chi connectivity index (χ1n) is 5.25. The van der Waals surface area contributed by atoms with E-state index in [1.165, 1.54) is 30.3 Å². The van der Waals surface area contributed by atoms with E-state index in [4.69, 9.17) is 4.74 Å². The molecule has 0 aliphatic heterocycles. The van der Waals surface area contributed by atoms with Gasteiger partial charge in [-0.05, 0) is 36.8 Å². The van der Waals surface area contributed by atoms with Crippen molar-refractivity contribution in [3.63, 3.8) is 0 Å². The number of benzene rings is 2. The molecule has 0 aliphatic carbocycles. The van der Waals surface area contributed by atoms with Gasteiger partial charge in [-0.3, -0.25) is 10.1 Å². The number of aryl methyl sites for hydroxylation is 1. The molecule has 0 saturated carbocycles. The van der Waals surface area contributed by atoms with E-state index in [2.05, 4.69) is 0 Å². The Kier molecular flexibility index (Phi) is 3.23. The zero-order valence-corrected chi connectivity index (χ0v) is 9.59. The SMILES string of the molecule is Cc1cc(Oc2ccccc2[N+](=O)[O-])ccc1F. The van der Waals surface area contributed by atoms with Crippen molar-refractivity contribution < 1.29 is 14.1 Å². The fourth-order valence-corrected chi connectivity index (χ4v) is 1.50. The number of nitro benzene ring substituents is 1. The van der Waals surface area contributed by atoms with Gasteiger partial charge in [0.2, 0.25) is 5.75 Å². The lowest BCUT2D eigenvalue weighted by Gasteiger charge is -2.07. The van der Waals surface area contributed by atoms with Crippen LogP contribution in [0.1, 0.15) is 5.56 Å². The second-order valence-corrected chi connectivity index (χ2v) is 3.74. The molecular formula is C13H10FNO3. The summed E-state index contributed by atoms with van der Waals surface area (Å²) in [7, 11) is 0. The van der Waals surface area contributed by atoms with Gasteiger partial charge < -0.3 is 4.74 Å². The molecule has 0 spiro atoms. The summed E-state index contributed by atoms with van der Waals surface area (Å²) < 4.78 is 18.5. The van der Waals surface area contributed by atoms with Gasteiger partial charge in [0.1, 0.15) is 11.6 Å². The number of ether oxygens (including phenoxy) is 1. The fourth-order valence-electron chi connectivity index (χ4n) is 1.50. The molecule has 0 N–H and O–H groups in total. The molecule has 0 radical (unpaired) electrons. The van der Waals surface area contributed by atoms with Crippen molar-refractivity contribution in [3.8, 4) is 11.5 Å². The average Bonchev–Trinajstić information content (AvgIpc) is 2.34. The minimum Gasteiger partial charge on any atom is -0.450 e. The zero-order chi connectivity index (χ0) is 13.1. The van der Waals surface area contributed by atoms with Gasteiger partial charge >= 0.3 is 5.69 Å². The number of para-hydroxylation sites is 2. The van der Waals surface area contributed by atoms with Crippen LogP contribution in [0, 0.1) is 22.9 Å². The van der Waals surface area contributed by atoms with E-state index in [9.17, 15) is 14.5 Å². The third kappa shape index (κ3) is 2.45. The summed E-state index contributed by atoms with van der Waals surface area (Å²) in [6.07, 6.45) is 0. The molecule has 4 nitrogen and oxygen atoms in total. The van der Waals surface area contributed by atoms with E-state index in [-0.39, 0.29) is 17.3 Å². The lowest BCUT2D eigenvalue weighted by molar-refractivity contribution is -0.385. The molecule has 0 saturated heterocycles. The number of nitrogens with zero attached hydrogens (tertiary/aromatic N) is 1. The van der Waals surface area contributed by atoms with E-state index in [1.807, 2.05) is 0 Å².